The highest BCUT2D eigenvalue weighted by Gasteiger charge is 2.28. The van der Waals surface area contributed by atoms with Crippen molar-refractivity contribution in [3.63, 3.8) is 0 Å². The van der Waals surface area contributed by atoms with Crippen molar-refractivity contribution in [2.45, 2.75) is 72.2 Å². The predicted octanol–water partition coefficient (Wildman–Crippen LogP) is 4.33. The van der Waals surface area contributed by atoms with Crippen LogP contribution in [-0.2, 0) is 14.3 Å². The molecule has 0 saturated carbocycles. The van der Waals surface area contributed by atoms with Crippen LogP contribution in [0.25, 0.3) is 6.08 Å². The Hall–Kier alpha value is -3.50. The molecular weight excluding hydrogens is 492 g/mol. The Morgan fingerprint density at radius 3 is 2.39 bits per heavy atom. The van der Waals surface area contributed by atoms with Crippen LogP contribution >= 0.6 is 0 Å². The fourth-order valence-corrected chi connectivity index (χ4v) is 4.62. The van der Waals surface area contributed by atoms with E-state index in [9.17, 15) is 30.0 Å². The molecule has 210 valence electrons. The van der Waals surface area contributed by atoms with Gasteiger partial charge in [0.1, 0.15) is 11.9 Å². The van der Waals surface area contributed by atoms with Gasteiger partial charge in [-0.1, -0.05) is 31.6 Å². The lowest BCUT2D eigenvalue weighted by molar-refractivity contribution is -0.112. The molecule has 5 atom stereocenters. The van der Waals surface area contributed by atoms with Crippen molar-refractivity contribution in [3.8, 4) is 17.2 Å². The molecule has 1 aliphatic heterocycles. The van der Waals surface area contributed by atoms with Crippen LogP contribution < -0.4 is 11.1 Å². The Bertz CT molecular complexity index is 1120. The fourth-order valence-electron chi connectivity index (χ4n) is 4.62. The predicted molar refractivity (Wildman–Crippen MR) is 145 cm³/mol. The first kappa shape index (κ1) is 30.7. The van der Waals surface area contributed by atoms with Crippen LogP contribution in [0.1, 0.15) is 59.4 Å². The zero-order valence-corrected chi connectivity index (χ0v) is 22.8. The number of aliphatic hydroxyl groups excluding tert-OH is 1. The van der Waals surface area contributed by atoms with Gasteiger partial charge in [-0.25, -0.2) is 4.79 Å². The summed E-state index contributed by atoms with van der Waals surface area (Å²) in [6, 6.07) is 1.07. The Morgan fingerprint density at radius 1 is 1.13 bits per heavy atom. The number of nitrogens with one attached hydrogen (secondary N) is 1. The highest BCUT2D eigenvalue weighted by atomic mass is 16.6. The van der Waals surface area contributed by atoms with Crippen molar-refractivity contribution in [2.75, 3.05) is 12.4 Å². The number of rotatable bonds is 2. The number of nitrogens with two attached hydrogens (primary N) is 1. The number of benzene rings is 1. The summed E-state index contributed by atoms with van der Waals surface area (Å²) in [6.45, 7) is 8.86. The number of carbonyl (C=O) groups excluding carboxylic acids is 2. The molecule has 0 aliphatic carbocycles. The maximum Gasteiger partial charge on any atom is 0.405 e. The fraction of sp³-hybridized carbons (Fsp3) is 0.500. The number of carbonyl (C=O) groups is 2. The van der Waals surface area contributed by atoms with Gasteiger partial charge in [0.2, 0.25) is 0 Å². The van der Waals surface area contributed by atoms with Crippen LogP contribution in [0.15, 0.2) is 34.9 Å². The van der Waals surface area contributed by atoms with Gasteiger partial charge in [-0.05, 0) is 57.6 Å². The number of methoxy groups -OCH3 is 1. The zero-order valence-electron chi connectivity index (χ0n) is 22.8. The van der Waals surface area contributed by atoms with E-state index >= 15 is 0 Å². The van der Waals surface area contributed by atoms with Crippen LogP contribution in [-0.4, -0.2) is 57.8 Å². The molecule has 10 nitrogen and oxygen atoms in total. The molecule has 10 heteroatoms. The molecule has 38 heavy (non-hydrogen) atoms. The number of ether oxygens (including phenoxy) is 2. The summed E-state index contributed by atoms with van der Waals surface area (Å²) >= 11 is 0. The number of fused-ring (bicyclic) bond motifs is 2. The molecule has 2 amide bonds. The van der Waals surface area contributed by atoms with Gasteiger partial charge >= 0.3 is 6.09 Å². The zero-order chi connectivity index (χ0) is 28.7. The molecule has 1 aromatic carbocycles. The summed E-state index contributed by atoms with van der Waals surface area (Å²) in [5.41, 5.74) is 6.89. The van der Waals surface area contributed by atoms with E-state index in [1.165, 1.54) is 13.2 Å². The monoisotopic (exact) mass is 532 g/mol. The molecule has 0 saturated heterocycles. The molecule has 0 fully saturated rings. The molecule has 0 spiro atoms. The number of hydrogen-bond donors (Lipinski definition) is 6. The van der Waals surface area contributed by atoms with Crippen molar-refractivity contribution in [1.29, 1.82) is 0 Å². The third kappa shape index (κ3) is 7.75. The molecule has 1 aromatic rings. The Balaban J connectivity index is 2.60. The summed E-state index contributed by atoms with van der Waals surface area (Å²) in [5.74, 6) is -2.52. The van der Waals surface area contributed by atoms with Crippen LogP contribution in [0.4, 0.5) is 10.5 Å². The van der Waals surface area contributed by atoms with Gasteiger partial charge < -0.3 is 41.0 Å². The first-order valence-electron chi connectivity index (χ1n) is 12.5. The first-order chi connectivity index (χ1) is 17.8. The number of hydrogen-bond acceptors (Lipinski definition) is 8. The lowest BCUT2D eigenvalue weighted by Crippen LogP contribution is -2.34. The van der Waals surface area contributed by atoms with E-state index in [2.05, 4.69) is 5.32 Å². The highest BCUT2D eigenvalue weighted by molar-refractivity contribution is 6.04. The Labute approximate surface area is 223 Å². The number of phenolic OH excluding ortho intramolecular Hbond substituents is 3. The van der Waals surface area contributed by atoms with Crippen molar-refractivity contribution < 1.29 is 39.5 Å². The second-order valence-electron chi connectivity index (χ2n) is 10.0. The lowest BCUT2D eigenvalue weighted by Gasteiger charge is -2.28. The first-order valence-corrected chi connectivity index (χ1v) is 12.5. The van der Waals surface area contributed by atoms with Crippen LogP contribution in [0.5, 0.6) is 17.2 Å². The highest BCUT2D eigenvalue weighted by Crippen LogP contribution is 2.43. The summed E-state index contributed by atoms with van der Waals surface area (Å²) in [4.78, 5) is 24.4. The average Bonchev–Trinajstić information content (AvgIpc) is 2.85. The number of aliphatic hydroxyl groups is 1. The number of phenols is 3. The number of primary amides is 1. The van der Waals surface area contributed by atoms with E-state index in [1.807, 2.05) is 26.8 Å². The van der Waals surface area contributed by atoms with Crippen LogP contribution in [0.3, 0.4) is 0 Å². The lowest BCUT2D eigenvalue weighted by atomic mass is 9.88. The minimum absolute atomic E-state index is 0.0740. The smallest absolute Gasteiger partial charge is 0.405 e. The normalized spacial score (nSPS) is 26.0. The topological polar surface area (TPSA) is 172 Å². The number of allylic oxidation sites excluding steroid dienone is 1. The number of anilines is 1. The van der Waals surface area contributed by atoms with Gasteiger partial charge in [-0.3, -0.25) is 4.79 Å². The maximum absolute atomic E-state index is 12.8. The molecule has 1 aliphatic rings. The van der Waals surface area contributed by atoms with E-state index in [-0.39, 0.29) is 29.5 Å². The third-order valence-electron chi connectivity index (χ3n) is 6.84. The number of aromatic hydroxyl groups is 3. The molecular formula is C28H40N2O8. The molecule has 0 aromatic heterocycles. The van der Waals surface area contributed by atoms with Crippen LogP contribution in [0, 0.1) is 11.8 Å². The average molecular weight is 533 g/mol. The largest absolute Gasteiger partial charge is 0.505 e. The number of amides is 2. The van der Waals surface area contributed by atoms with E-state index in [4.69, 9.17) is 15.2 Å². The van der Waals surface area contributed by atoms with E-state index in [1.54, 1.807) is 19.9 Å². The molecule has 2 bridgehead atoms. The molecule has 7 N–H and O–H groups in total. The van der Waals surface area contributed by atoms with Crippen LogP contribution in [0.2, 0.25) is 0 Å². The summed E-state index contributed by atoms with van der Waals surface area (Å²) < 4.78 is 11.0. The van der Waals surface area contributed by atoms with Crippen molar-refractivity contribution >= 4 is 23.8 Å². The minimum Gasteiger partial charge on any atom is -0.505 e. The third-order valence-corrected chi connectivity index (χ3v) is 6.84. The minimum atomic E-state index is -0.947. The van der Waals surface area contributed by atoms with Gasteiger partial charge in [-0.2, -0.15) is 0 Å². The SMILES string of the molecule is CO[C@H]1CC(C)=Cc2c(O)c(O)cc(c2O)NC(=O)C(C)=CCC[C@H](C)[C@@H](OC(N)=O)C(C)=C[C@H](C)[C@H]1O. The van der Waals surface area contributed by atoms with E-state index < -0.39 is 47.6 Å². The Morgan fingerprint density at radius 2 is 1.79 bits per heavy atom. The molecule has 1 heterocycles. The van der Waals surface area contributed by atoms with Gasteiger partial charge in [0, 0.05) is 24.7 Å². The van der Waals surface area contributed by atoms with Gasteiger partial charge in [0.15, 0.2) is 11.5 Å². The van der Waals surface area contributed by atoms with Crippen molar-refractivity contribution in [1.82, 2.24) is 0 Å². The van der Waals surface area contributed by atoms with Crippen molar-refractivity contribution in [3.05, 3.63) is 40.5 Å². The Kier molecular flexibility index (Phi) is 10.8. The summed E-state index contributed by atoms with van der Waals surface area (Å²) in [6.07, 6.45) is 3.13. The second kappa shape index (κ2) is 13.3. The van der Waals surface area contributed by atoms with Gasteiger partial charge in [-0.15, -0.1) is 0 Å². The standard InChI is InChI=1S/C28H40N2O8/c1-14-10-19-24(33)20(13-21(31)25(19)34)30-27(35)16(3)9-7-8-15(2)26(38-28(29)36)18(5)12-17(4)23(32)22(11-14)37-6/h9-10,12-13,15,17,22-23,26,31-34H,7-8,11H2,1-6H3,(H2,29,36)(H,30,35)/t15-,17-,22-,23+,26+/m0/s1. The van der Waals surface area contributed by atoms with Gasteiger partial charge in [0.25, 0.3) is 5.91 Å². The van der Waals surface area contributed by atoms with Gasteiger partial charge in [0.05, 0.1) is 23.5 Å². The van der Waals surface area contributed by atoms with E-state index in [0.29, 0.717) is 24.0 Å². The van der Waals surface area contributed by atoms with Crippen molar-refractivity contribution in [2.24, 2.45) is 17.6 Å². The maximum atomic E-state index is 12.8. The quantitative estimate of drug-likeness (QED) is 0.185. The summed E-state index contributed by atoms with van der Waals surface area (Å²) in [5, 5.41) is 45.1. The second-order valence-corrected chi connectivity index (χ2v) is 10.0. The molecule has 0 radical (unpaired) electrons. The summed E-state index contributed by atoms with van der Waals surface area (Å²) in [7, 11) is 1.47. The van der Waals surface area contributed by atoms with E-state index in [0.717, 1.165) is 11.6 Å². The molecule has 2 rings (SSSR count). The molecule has 0 unspecified atom stereocenters.